The lowest BCUT2D eigenvalue weighted by Gasteiger charge is -2.18. The fourth-order valence-electron chi connectivity index (χ4n) is 3.13. The van der Waals surface area contributed by atoms with Gasteiger partial charge in [0.1, 0.15) is 5.78 Å². The Balaban J connectivity index is 1.63. The van der Waals surface area contributed by atoms with Gasteiger partial charge in [-0.3, -0.25) is 4.79 Å². The minimum Gasteiger partial charge on any atom is -0.310 e. The number of hydrogen-bond donors (Lipinski definition) is 1. The molecule has 0 spiro atoms. The molecule has 3 atom stereocenters. The average Bonchev–Trinajstić information content (AvgIpc) is 2.90. The number of hydrogen-bond acceptors (Lipinski definition) is 2. The molecule has 1 N–H and O–H groups in total. The van der Waals surface area contributed by atoms with Crippen molar-refractivity contribution in [1.29, 1.82) is 0 Å². The summed E-state index contributed by atoms with van der Waals surface area (Å²) in [5.74, 6) is 0.858. The van der Waals surface area contributed by atoms with Gasteiger partial charge in [0.25, 0.3) is 0 Å². The van der Waals surface area contributed by atoms with Crippen molar-refractivity contribution in [3.05, 3.63) is 12.7 Å². The Hall–Kier alpha value is -0.630. The number of rotatable bonds is 7. The summed E-state index contributed by atoms with van der Waals surface area (Å²) in [5, 5.41) is 3.54. The van der Waals surface area contributed by atoms with E-state index in [0.29, 0.717) is 23.8 Å². The zero-order valence-corrected chi connectivity index (χ0v) is 10.1. The van der Waals surface area contributed by atoms with Gasteiger partial charge >= 0.3 is 0 Å². The first kappa shape index (κ1) is 11.8. The van der Waals surface area contributed by atoms with Gasteiger partial charge in [0, 0.05) is 24.4 Å². The molecule has 2 saturated heterocycles. The summed E-state index contributed by atoms with van der Waals surface area (Å²) in [4.78, 5) is 12.0. The molecule has 16 heavy (non-hydrogen) atoms. The molecule has 0 aromatic carbocycles. The molecule has 0 aromatic heterocycles. The summed E-state index contributed by atoms with van der Waals surface area (Å²) in [5.41, 5.74) is 0. The van der Waals surface area contributed by atoms with E-state index < -0.39 is 0 Å². The third kappa shape index (κ3) is 2.73. The van der Waals surface area contributed by atoms with Gasteiger partial charge in [-0.15, -0.1) is 6.58 Å². The van der Waals surface area contributed by atoms with Crippen molar-refractivity contribution < 1.29 is 4.79 Å². The fraction of sp³-hybridized carbons (Fsp3) is 0.786. The number of unbranched alkanes of at least 4 members (excludes halogenated alkanes) is 3. The zero-order chi connectivity index (χ0) is 11.4. The van der Waals surface area contributed by atoms with E-state index in [0.717, 1.165) is 25.7 Å². The van der Waals surface area contributed by atoms with Crippen LogP contribution in [0.3, 0.4) is 0 Å². The normalized spacial score (nSPS) is 31.9. The van der Waals surface area contributed by atoms with Crippen LogP contribution in [0.25, 0.3) is 0 Å². The molecule has 90 valence electrons. The molecule has 2 nitrogen and oxygen atoms in total. The molecule has 0 amide bonds. The Labute approximate surface area is 98.5 Å². The van der Waals surface area contributed by atoms with Crippen molar-refractivity contribution in [3.63, 3.8) is 0 Å². The predicted octanol–water partition coefficient (Wildman–Crippen LogP) is 2.83. The van der Waals surface area contributed by atoms with E-state index in [1.165, 1.54) is 25.7 Å². The highest BCUT2D eigenvalue weighted by molar-refractivity contribution is 5.82. The Morgan fingerprint density at radius 2 is 2.19 bits per heavy atom. The molecule has 2 fully saturated rings. The summed E-state index contributed by atoms with van der Waals surface area (Å²) in [7, 11) is 0. The van der Waals surface area contributed by atoms with Gasteiger partial charge in [0.15, 0.2) is 0 Å². The first-order chi connectivity index (χ1) is 7.81. The SMILES string of the molecule is C=CCCCCCC(=O)C1CC2CCC1N2. The first-order valence-electron chi connectivity index (χ1n) is 6.71. The molecule has 2 heteroatoms. The highest BCUT2D eigenvalue weighted by Gasteiger charge is 2.41. The lowest BCUT2D eigenvalue weighted by molar-refractivity contribution is -0.123. The molecule has 2 rings (SSSR count). The van der Waals surface area contributed by atoms with Gasteiger partial charge in [-0.1, -0.05) is 12.5 Å². The zero-order valence-electron chi connectivity index (χ0n) is 10.1. The van der Waals surface area contributed by atoms with Crippen LogP contribution in [-0.4, -0.2) is 17.9 Å². The van der Waals surface area contributed by atoms with Crippen LogP contribution in [0.15, 0.2) is 12.7 Å². The van der Waals surface area contributed by atoms with E-state index in [2.05, 4.69) is 11.9 Å². The maximum absolute atomic E-state index is 12.0. The third-order valence-corrected chi connectivity index (χ3v) is 4.05. The maximum atomic E-state index is 12.0. The number of carbonyl (C=O) groups excluding carboxylic acids is 1. The number of nitrogens with one attached hydrogen (secondary N) is 1. The van der Waals surface area contributed by atoms with E-state index in [1.54, 1.807) is 0 Å². The number of ketones is 1. The van der Waals surface area contributed by atoms with Crippen LogP contribution in [0.4, 0.5) is 0 Å². The Bertz CT molecular complexity index is 261. The Morgan fingerprint density at radius 1 is 1.31 bits per heavy atom. The van der Waals surface area contributed by atoms with Crippen molar-refractivity contribution >= 4 is 5.78 Å². The summed E-state index contributed by atoms with van der Waals surface area (Å²) >= 11 is 0. The minimum atomic E-state index is 0.346. The largest absolute Gasteiger partial charge is 0.310 e. The van der Waals surface area contributed by atoms with Gasteiger partial charge in [-0.2, -0.15) is 0 Å². The summed E-state index contributed by atoms with van der Waals surface area (Å²) < 4.78 is 0. The van der Waals surface area contributed by atoms with Crippen molar-refractivity contribution in [1.82, 2.24) is 5.32 Å². The van der Waals surface area contributed by atoms with E-state index in [1.807, 2.05) is 6.08 Å². The summed E-state index contributed by atoms with van der Waals surface area (Å²) in [6, 6.07) is 1.17. The molecule has 3 unspecified atom stereocenters. The maximum Gasteiger partial charge on any atom is 0.137 e. The molecule has 0 saturated carbocycles. The van der Waals surface area contributed by atoms with Crippen molar-refractivity contribution in [2.45, 2.75) is 63.5 Å². The first-order valence-corrected chi connectivity index (χ1v) is 6.71. The second kappa shape index (κ2) is 5.62. The van der Waals surface area contributed by atoms with Crippen LogP contribution < -0.4 is 5.32 Å². The number of fused-ring (bicyclic) bond motifs is 2. The fourth-order valence-corrected chi connectivity index (χ4v) is 3.13. The Morgan fingerprint density at radius 3 is 2.81 bits per heavy atom. The highest BCUT2D eigenvalue weighted by Crippen LogP contribution is 2.34. The third-order valence-electron chi connectivity index (χ3n) is 4.05. The predicted molar refractivity (Wildman–Crippen MR) is 66.3 cm³/mol. The smallest absolute Gasteiger partial charge is 0.137 e. The van der Waals surface area contributed by atoms with Gasteiger partial charge in [-0.25, -0.2) is 0 Å². The van der Waals surface area contributed by atoms with E-state index in [9.17, 15) is 4.79 Å². The molecule has 2 heterocycles. The van der Waals surface area contributed by atoms with Crippen molar-refractivity contribution in [3.8, 4) is 0 Å². The average molecular weight is 221 g/mol. The highest BCUT2D eigenvalue weighted by atomic mass is 16.1. The lowest BCUT2D eigenvalue weighted by atomic mass is 9.84. The van der Waals surface area contributed by atoms with Crippen molar-refractivity contribution in [2.24, 2.45) is 5.92 Å². The minimum absolute atomic E-state index is 0.346. The molecule has 0 aromatic rings. The quantitative estimate of drug-likeness (QED) is 0.529. The number of carbonyl (C=O) groups is 1. The van der Waals surface area contributed by atoms with Crippen LogP contribution in [-0.2, 0) is 4.79 Å². The van der Waals surface area contributed by atoms with E-state index in [4.69, 9.17) is 0 Å². The van der Waals surface area contributed by atoms with Crippen molar-refractivity contribution in [2.75, 3.05) is 0 Å². The van der Waals surface area contributed by atoms with E-state index >= 15 is 0 Å². The molecular formula is C14H23NO. The van der Waals surface area contributed by atoms with Crippen LogP contribution in [0.2, 0.25) is 0 Å². The second-order valence-electron chi connectivity index (χ2n) is 5.24. The molecule has 0 radical (unpaired) electrons. The second-order valence-corrected chi connectivity index (χ2v) is 5.24. The van der Waals surface area contributed by atoms with Gasteiger partial charge < -0.3 is 5.32 Å². The topological polar surface area (TPSA) is 29.1 Å². The van der Waals surface area contributed by atoms with Gasteiger partial charge in [0.05, 0.1) is 0 Å². The lowest BCUT2D eigenvalue weighted by Crippen LogP contribution is -2.28. The summed E-state index contributed by atoms with van der Waals surface area (Å²) in [6.07, 6.45) is 10.9. The van der Waals surface area contributed by atoms with Crippen LogP contribution in [0.5, 0.6) is 0 Å². The number of allylic oxidation sites excluding steroid dienone is 1. The molecule has 0 aliphatic carbocycles. The van der Waals surface area contributed by atoms with E-state index in [-0.39, 0.29) is 0 Å². The molecule has 2 bridgehead atoms. The molecular weight excluding hydrogens is 198 g/mol. The Kier molecular flexibility index (Phi) is 4.16. The molecule has 2 aliphatic heterocycles. The standard InChI is InChI=1S/C14H23NO/c1-2-3-4-5-6-7-14(16)12-10-11-8-9-13(12)15-11/h2,11-13,15H,1,3-10H2. The monoisotopic (exact) mass is 221 g/mol. The van der Waals surface area contributed by atoms with Gasteiger partial charge in [0.2, 0.25) is 0 Å². The molecule has 2 aliphatic rings. The van der Waals surface area contributed by atoms with Gasteiger partial charge in [-0.05, 0) is 38.5 Å². The van der Waals surface area contributed by atoms with Crippen LogP contribution in [0.1, 0.15) is 51.4 Å². The summed E-state index contributed by atoms with van der Waals surface area (Å²) in [6.45, 7) is 3.71. The number of Topliss-reactive ketones (excluding diaryl/α,β-unsaturated/α-hetero) is 1. The van der Waals surface area contributed by atoms with Crippen LogP contribution >= 0.6 is 0 Å². The van der Waals surface area contributed by atoms with Crippen LogP contribution in [0, 0.1) is 5.92 Å².